The Morgan fingerprint density at radius 2 is 1.94 bits per heavy atom. The number of benzene rings is 1. The Hall–Kier alpha value is -1.10. The number of hydrogen-bond acceptors (Lipinski definition) is 4. The minimum atomic E-state index is 0.188. The minimum absolute atomic E-state index is 0.188. The van der Waals surface area contributed by atoms with Crippen LogP contribution >= 0.6 is 0 Å². The van der Waals surface area contributed by atoms with E-state index in [1.807, 2.05) is 19.1 Å². The maximum atomic E-state index is 5.59. The van der Waals surface area contributed by atoms with Crippen LogP contribution in [0.5, 0.6) is 5.75 Å². The van der Waals surface area contributed by atoms with Crippen molar-refractivity contribution in [2.75, 3.05) is 27.2 Å². The lowest BCUT2D eigenvalue weighted by atomic mass is 10.0. The topological polar surface area (TPSA) is 50.5 Å². The van der Waals surface area contributed by atoms with E-state index in [4.69, 9.17) is 10.6 Å². The van der Waals surface area contributed by atoms with Gasteiger partial charge in [0.2, 0.25) is 0 Å². The molecule has 0 aliphatic rings. The highest BCUT2D eigenvalue weighted by atomic mass is 16.5. The summed E-state index contributed by atoms with van der Waals surface area (Å²) >= 11 is 0. The molecule has 0 saturated heterocycles. The highest BCUT2D eigenvalue weighted by Crippen LogP contribution is 2.19. The maximum Gasteiger partial charge on any atom is 0.119 e. The van der Waals surface area contributed by atoms with Crippen molar-refractivity contribution in [3.63, 3.8) is 0 Å². The normalized spacial score (nSPS) is 12.8. The molecule has 1 unspecified atom stereocenters. The predicted octanol–water partition coefficient (Wildman–Crippen LogP) is 1.54. The van der Waals surface area contributed by atoms with Gasteiger partial charge in [-0.05, 0) is 51.7 Å². The summed E-state index contributed by atoms with van der Waals surface area (Å²) in [6, 6.07) is 8.28. The molecule has 1 rings (SSSR count). The lowest BCUT2D eigenvalue weighted by molar-refractivity contribution is 0.339. The molecule has 3 N–H and O–H groups in total. The van der Waals surface area contributed by atoms with Gasteiger partial charge in [-0.3, -0.25) is 11.3 Å². The number of nitrogens with zero attached hydrogens (tertiary/aromatic N) is 1. The molecule has 96 valence electrons. The summed E-state index contributed by atoms with van der Waals surface area (Å²) in [6.07, 6.45) is 0.984. The minimum Gasteiger partial charge on any atom is -0.494 e. The number of nitrogens with two attached hydrogens (primary N) is 1. The van der Waals surface area contributed by atoms with Gasteiger partial charge in [0.05, 0.1) is 6.61 Å². The van der Waals surface area contributed by atoms with Crippen molar-refractivity contribution in [1.82, 2.24) is 10.3 Å². The maximum absolute atomic E-state index is 5.59. The highest BCUT2D eigenvalue weighted by molar-refractivity contribution is 5.29. The van der Waals surface area contributed by atoms with Gasteiger partial charge in [0.15, 0.2) is 0 Å². The Morgan fingerprint density at radius 3 is 2.41 bits per heavy atom. The van der Waals surface area contributed by atoms with Crippen LogP contribution in [-0.2, 0) is 0 Å². The number of nitrogens with one attached hydrogen (secondary N) is 1. The fraction of sp³-hybridized carbons (Fsp3) is 0.538. The van der Waals surface area contributed by atoms with Crippen LogP contribution in [0, 0.1) is 0 Å². The van der Waals surface area contributed by atoms with E-state index in [0.717, 1.165) is 18.7 Å². The van der Waals surface area contributed by atoms with Crippen molar-refractivity contribution in [3.8, 4) is 5.75 Å². The quantitative estimate of drug-likeness (QED) is 0.558. The van der Waals surface area contributed by atoms with E-state index < -0.39 is 0 Å². The van der Waals surface area contributed by atoms with Crippen LogP contribution < -0.4 is 16.0 Å². The molecule has 17 heavy (non-hydrogen) atoms. The van der Waals surface area contributed by atoms with Gasteiger partial charge in [-0.2, -0.15) is 0 Å². The lowest BCUT2D eigenvalue weighted by Crippen LogP contribution is -2.30. The molecule has 0 amide bonds. The number of ether oxygens (including phenoxy) is 1. The van der Waals surface area contributed by atoms with Crippen molar-refractivity contribution < 1.29 is 4.74 Å². The molecule has 0 aliphatic heterocycles. The fourth-order valence-corrected chi connectivity index (χ4v) is 1.70. The van der Waals surface area contributed by atoms with Gasteiger partial charge >= 0.3 is 0 Å². The highest BCUT2D eigenvalue weighted by Gasteiger charge is 2.09. The van der Waals surface area contributed by atoms with Crippen LogP contribution in [0.3, 0.4) is 0 Å². The summed E-state index contributed by atoms with van der Waals surface area (Å²) < 4.78 is 5.41. The molecule has 4 nitrogen and oxygen atoms in total. The van der Waals surface area contributed by atoms with Gasteiger partial charge in [0.25, 0.3) is 0 Å². The van der Waals surface area contributed by atoms with Crippen molar-refractivity contribution in [2.24, 2.45) is 5.84 Å². The molecule has 0 heterocycles. The molecule has 0 saturated carbocycles. The van der Waals surface area contributed by atoms with Crippen LogP contribution in [0.2, 0.25) is 0 Å². The van der Waals surface area contributed by atoms with Crippen LogP contribution in [-0.4, -0.2) is 32.1 Å². The third kappa shape index (κ3) is 4.73. The van der Waals surface area contributed by atoms with Crippen molar-refractivity contribution in [3.05, 3.63) is 29.8 Å². The van der Waals surface area contributed by atoms with Gasteiger partial charge in [0.1, 0.15) is 5.75 Å². The summed E-state index contributed by atoms with van der Waals surface area (Å²) in [6.45, 7) is 3.68. The molecule has 0 aromatic heterocycles. The van der Waals surface area contributed by atoms with Gasteiger partial charge in [-0.25, -0.2) is 0 Å². The van der Waals surface area contributed by atoms with Gasteiger partial charge in [-0.15, -0.1) is 0 Å². The third-order valence-corrected chi connectivity index (χ3v) is 2.66. The van der Waals surface area contributed by atoms with Crippen LogP contribution in [0.25, 0.3) is 0 Å². The summed E-state index contributed by atoms with van der Waals surface area (Å²) in [7, 11) is 4.12. The average Bonchev–Trinajstić information content (AvgIpc) is 2.32. The van der Waals surface area contributed by atoms with E-state index in [1.54, 1.807) is 0 Å². The summed E-state index contributed by atoms with van der Waals surface area (Å²) in [5, 5.41) is 0. The summed E-state index contributed by atoms with van der Waals surface area (Å²) in [5.41, 5.74) is 4.05. The Labute approximate surface area is 104 Å². The molecule has 4 heteroatoms. The lowest BCUT2D eigenvalue weighted by Gasteiger charge is -2.19. The predicted molar refractivity (Wildman–Crippen MR) is 70.8 cm³/mol. The Kier molecular flexibility index (Phi) is 5.97. The zero-order chi connectivity index (χ0) is 12.7. The zero-order valence-electron chi connectivity index (χ0n) is 10.9. The van der Waals surface area contributed by atoms with Crippen LogP contribution in [0.1, 0.15) is 24.9 Å². The molecule has 0 fully saturated rings. The average molecular weight is 237 g/mol. The number of hydrazine groups is 1. The standard InChI is InChI=1S/C13H23N3O/c1-4-17-12-7-5-11(6-8-12)13(15-14)9-10-16(2)3/h5-8,13,15H,4,9-10,14H2,1-3H3. The Balaban J connectivity index is 2.61. The molecule has 0 radical (unpaired) electrons. The summed E-state index contributed by atoms with van der Waals surface area (Å²) in [4.78, 5) is 2.15. The Bertz CT molecular complexity index is 311. The van der Waals surface area contributed by atoms with Crippen LogP contribution in [0.4, 0.5) is 0 Å². The van der Waals surface area contributed by atoms with Gasteiger partial charge in [-0.1, -0.05) is 12.1 Å². The molecular weight excluding hydrogens is 214 g/mol. The second kappa shape index (κ2) is 7.27. The van der Waals surface area contributed by atoms with Gasteiger partial charge < -0.3 is 9.64 Å². The monoisotopic (exact) mass is 237 g/mol. The van der Waals surface area contributed by atoms with E-state index in [9.17, 15) is 0 Å². The second-order valence-electron chi connectivity index (χ2n) is 4.31. The van der Waals surface area contributed by atoms with Crippen molar-refractivity contribution >= 4 is 0 Å². The van der Waals surface area contributed by atoms with E-state index in [2.05, 4.69) is 36.6 Å². The molecule has 0 spiro atoms. The molecule has 1 aromatic rings. The zero-order valence-corrected chi connectivity index (χ0v) is 10.9. The first-order chi connectivity index (χ1) is 8.17. The number of rotatable bonds is 7. The SMILES string of the molecule is CCOc1ccc(C(CCN(C)C)NN)cc1. The first-order valence-electron chi connectivity index (χ1n) is 6.01. The van der Waals surface area contributed by atoms with Crippen molar-refractivity contribution in [2.45, 2.75) is 19.4 Å². The smallest absolute Gasteiger partial charge is 0.119 e. The summed E-state index contributed by atoms with van der Waals surface area (Å²) in [5.74, 6) is 6.49. The molecular formula is C13H23N3O. The van der Waals surface area contributed by atoms with E-state index >= 15 is 0 Å². The largest absolute Gasteiger partial charge is 0.494 e. The van der Waals surface area contributed by atoms with E-state index in [-0.39, 0.29) is 6.04 Å². The molecule has 1 aromatic carbocycles. The first-order valence-corrected chi connectivity index (χ1v) is 6.01. The van der Waals surface area contributed by atoms with Crippen LogP contribution in [0.15, 0.2) is 24.3 Å². The van der Waals surface area contributed by atoms with Gasteiger partial charge in [0, 0.05) is 6.04 Å². The number of hydrogen-bond donors (Lipinski definition) is 2. The van der Waals surface area contributed by atoms with E-state index in [0.29, 0.717) is 6.61 Å². The first kappa shape index (κ1) is 14.0. The fourth-order valence-electron chi connectivity index (χ4n) is 1.70. The Morgan fingerprint density at radius 1 is 1.29 bits per heavy atom. The van der Waals surface area contributed by atoms with Crippen molar-refractivity contribution in [1.29, 1.82) is 0 Å². The molecule has 0 aliphatic carbocycles. The molecule has 0 bridgehead atoms. The van der Waals surface area contributed by atoms with E-state index in [1.165, 1.54) is 5.56 Å². The molecule has 1 atom stereocenters. The third-order valence-electron chi connectivity index (χ3n) is 2.66. The second-order valence-corrected chi connectivity index (χ2v) is 4.31.